The molecule has 1 nitrogen and oxygen atoms in total. The monoisotopic (exact) mass is 277 g/mol. The van der Waals surface area contributed by atoms with Crippen molar-refractivity contribution in [2.75, 3.05) is 0 Å². The van der Waals surface area contributed by atoms with Crippen LogP contribution < -0.4 is 0 Å². The van der Waals surface area contributed by atoms with Crippen LogP contribution in [0.3, 0.4) is 0 Å². The number of hydrogen-bond donors (Lipinski definition) is 0. The highest BCUT2D eigenvalue weighted by Gasteiger charge is 2.03. The fraction of sp³-hybridized carbons (Fsp3) is 0.105. The highest BCUT2D eigenvalue weighted by atomic mass is 19.1. The van der Waals surface area contributed by atoms with Gasteiger partial charge in [0, 0.05) is 11.6 Å². The second-order valence-electron chi connectivity index (χ2n) is 5.10. The second-order valence-corrected chi connectivity index (χ2v) is 5.10. The minimum absolute atomic E-state index is 0.193. The first kappa shape index (κ1) is 13.5. The van der Waals surface area contributed by atoms with E-state index in [0.29, 0.717) is 6.42 Å². The number of rotatable bonds is 3. The van der Waals surface area contributed by atoms with Crippen molar-refractivity contribution in [3.8, 4) is 0 Å². The molecule has 1 heterocycles. The lowest BCUT2D eigenvalue weighted by molar-refractivity contribution is 0.626. The maximum atomic E-state index is 13.2. The van der Waals surface area contributed by atoms with Crippen LogP contribution >= 0.6 is 0 Å². The average molecular weight is 277 g/mol. The summed E-state index contributed by atoms with van der Waals surface area (Å²) < 4.78 is 13.2. The Morgan fingerprint density at radius 3 is 2.81 bits per heavy atom. The predicted octanol–water partition coefficient (Wildman–Crippen LogP) is 5.02. The van der Waals surface area contributed by atoms with Crippen molar-refractivity contribution in [3.05, 3.63) is 83.9 Å². The van der Waals surface area contributed by atoms with Crippen LogP contribution in [-0.4, -0.2) is 4.98 Å². The Kier molecular flexibility index (Phi) is 3.78. The minimum atomic E-state index is -0.193. The third-order valence-corrected chi connectivity index (χ3v) is 3.58. The third-order valence-electron chi connectivity index (χ3n) is 3.58. The second kappa shape index (κ2) is 5.88. The Labute approximate surface area is 123 Å². The molecule has 0 fully saturated rings. The summed E-state index contributed by atoms with van der Waals surface area (Å²) in [5, 5.41) is 2.33. The summed E-state index contributed by atoms with van der Waals surface area (Å²) >= 11 is 0. The van der Waals surface area contributed by atoms with E-state index in [-0.39, 0.29) is 5.82 Å². The molecule has 0 saturated heterocycles. The molecule has 1 aromatic heterocycles. The van der Waals surface area contributed by atoms with Crippen LogP contribution in [0.1, 0.15) is 18.2 Å². The maximum absolute atomic E-state index is 13.2. The number of hydrogen-bond acceptors (Lipinski definition) is 1. The molecule has 0 aliphatic carbocycles. The van der Waals surface area contributed by atoms with Gasteiger partial charge in [-0.3, -0.25) is 4.98 Å². The van der Waals surface area contributed by atoms with Gasteiger partial charge < -0.3 is 0 Å². The Morgan fingerprint density at radius 2 is 1.95 bits per heavy atom. The topological polar surface area (TPSA) is 12.9 Å². The first-order valence-corrected chi connectivity index (χ1v) is 6.99. The number of pyridine rings is 1. The van der Waals surface area contributed by atoms with E-state index in [0.717, 1.165) is 22.2 Å². The highest BCUT2D eigenvalue weighted by Crippen LogP contribution is 2.23. The first-order chi connectivity index (χ1) is 10.2. The van der Waals surface area contributed by atoms with Crippen LogP contribution in [0.15, 0.2) is 66.9 Å². The first-order valence-electron chi connectivity index (χ1n) is 6.99. The van der Waals surface area contributed by atoms with E-state index >= 15 is 0 Å². The zero-order chi connectivity index (χ0) is 14.7. The van der Waals surface area contributed by atoms with E-state index in [9.17, 15) is 4.39 Å². The fourth-order valence-electron chi connectivity index (χ4n) is 2.47. The summed E-state index contributed by atoms with van der Waals surface area (Å²) in [6.45, 7) is 2.05. The number of halogens is 1. The zero-order valence-electron chi connectivity index (χ0n) is 11.9. The molecule has 0 bridgehead atoms. The van der Waals surface area contributed by atoms with Crippen molar-refractivity contribution < 1.29 is 4.39 Å². The normalized spacial score (nSPS) is 11.8. The molecule has 0 aliphatic rings. The van der Waals surface area contributed by atoms with Crippen molar-refractivity contribution in [2.45, 2.75) is 13.3 Å². The van der Waals surface area contributed by atoms with Gasteiger partial charge in [0.15, 0.2) is 0 Å². The molecule has 0 aliphatic heterocycles. The Morgan fingerprint density at radius 1 is 1.10 bits per heavy atom. The molecule has 0 radical (unpaired) electrons. The van der Waals surface area contributed by atoms with Gasteiger partial charge in [0.1, 0.15) is 5.82 Å². The quantitative estimate of drug-likeness (QED) is 0.655. The molecule has 3 rings (SSSR count). The predicted molar refractivity (Wildman–Crippen MR) is 85.5 cm³/mol. The van der Waals surface area contributed by atoms with Gasteiger partial charge in [0.05, 0.1) is 5.69 Å². The standard InChI is InChI=1S/C19H16FN/c1-14(9-10-15-5-4-7-17(20)13-15)19-18-8-3-2-6-16(18)11-12-21-19/h2-9,11-13H,10H2,1H3. The molecule has 21 heavy (non-hydrogen) atoms. The molecule has 104 valence electrons. The molecule has 2 aromatic carbocycles. The van der Waals surface area contributed by atoms with E-state index < -0.39 is 0 Å². The van der Waals surface area contributed by atoms with Gasteiger partial charge in [-0.15, -0.1) is 0 Å². The van der Waals surface area contributed by atoms with Gasteiger partial charge in [0.25, 0.3) is 0 Å². The number of aromatic nitrogens is 1. The summed E-state index contributed by atoms with van der Waals surface area (Å²) in [5.41, 5.74) is 3.06. The van der Waals surface area contributed by atoms with Gasteiger partial charge in [-0.25, -0.2) is 4.39 Å². The van der Waals surface area contributed by atoms with E-state index in [4.69, 9.17) is 0 Å². The van der Waals surface area contributed by atoms with Gasteiger partial charge in [-0.2, -0.15) is 0 Å². The number of benzene rings is 2. The molecule has 3 aromatic rings. The lowest BCUT2D eigenvalue weighted by atomic mass is 10.0. The lowest BCUT2D eigenvalue weighted by Gasteiger charge is -2.06. The van der Waals surface area contributed by atoms with Gasteiger partial charge in [0.2, 0.25) is 0 Å². The number of allylic oxidation sites excluding steroid dienone is 2. The van der Waals surface area contributed by atoms with E-state index in [1.165, 1.54) is 11.5 Å². The molecule has 0 amide bonds. The lowest BCUT2D eigenvalue weighted by Crippen LogP contribution is -1.90. The minimum Gasteiger partial charge on any atom is -0.256 e. The maximum Gasteiger partial charge on any atom is 0.123 e. The summed E-state index contributed by atoms with van der Waals surface area (Å²) in [7, 11) is 0. The fourth-order valence-corrected chi connectivity index (χ4v) is 2.47. The largest absolute Gasteiger partial charge is 0.256 e. The number of nitrogens with zero attached hydrogens (tertiary/aromatic N) is 1. The van der Waals surface area contributed by atoms with Gasteiger partial charge in [-0.1, -0.05) is 42.5 Å². The Hall–Kier alpha value is -2.48. The SMILES string of the molecule is CC(=CCc1cccc(F)c1)c1nccc2ccccc12. The van der Waals surface area contributed by atoms with Crippen LogP contribution in [0.4, 0.5) is 4.39 Å². The molecular weight excluding hydrogens is 261 g/mol. The van der Waals surface area contributed by atoms with Crippen LogP contribution in [0, 0.1) is 5.82 Å². The summed E-state index contributed by atoms with van der Waals surface area (Å²) in [6.07, 6.45) is 4.63. The molecule has 0 atom stereocenters. The average Bonchev–Trinajstić information content (AvgIpc) is 2.52. The molecular formula is C19H16FN. The van der Waals surface area contributed by atoms with Crippen molar-refractivity contribution >= 4 is 16.3 Å². The zero-order valence-corrected chi connectivity index (χ0v) is 11.9. The van der Waals surface area contributed by atoms with Crippen LogP contribution in [0.5, 0.6) is 0 Å². The van der Waals surface area contributed by atoms with Crippen molar-refractivity contribution in [1.29, 1.82) is 0 Å². The number of fused-ring (bicyclic) bond motifs is 1. The van der Waals surface area contributed by atoms with E-state index in [1.54, 1.807) is 12.1 Å². The summed E-state index contributed by atoms with van der Waals surface area (Å²) in [5.74, 6) is -0.193. The van der Waals surface area contributed by atoms with Gasteiger partial charge in [-0.05, 0) is 48.1 Å². The smallest absolute Gasteiger partial charge is 0.123 e. The Bertz CT molecular complexity index is 800. The molecule has 0 unspecified atom stereocenters. The van der Waals surface area contributed by atoms with Crippen LogP contribution in [-0.2, 0) is 6.42 Å². The van der Waals surface area contributed by atoms with Crippen LogP contribution in [0.25, 0.3) is 16.3 Å². The summed E-state index contributed by atoms with van der Waals surface area (Å²) in [6, 6.07) is 16.9. The summed E-state index contributed by atoms with van der Waals surface area (Å²) in [4.78, 5) is 4.49. The van der Waals surface area contributed by atoms with Crippen LogP contribution in [0.2, 0.25) is 0 Å². The van der Waals surface area contributed by atoms with E-state index in [1.807, 2.05) is 37.4 Å². The highest BCUT2D eigenvalue weighted by molar-refractivity contribution is 5.91. The molecule has 2 heteroatoms. The molecule has 0 N–H and O–H groups in total. The molecule has 0 spiro atoms. The van der Waals surface area contributed by atoms with Crippen molar-refractivity contribution in [2.24, 2.45) is 0 Å². The van der Waals surface area contributed by atoms with Crippen molar-refractivity contribution in [3.63, 3.8) is 0 Å². The molecule has 0 saturated carbocycles. The van der Waals surface area contributed by atoms with Crippen molar-refractivity contribution in [1.82, 2.24) is 4.98 Å². The Balaban J connectivity index is 1.93. The third kappa shape index (κ3) is 3.00. The van der Waals surface area contributed by atoms with Gasteiger partial charge >= 0.3 is 0 Å². The van der Waals surface area contributed by atoms with E-state index in [2.05, 4.69) is 23.2 Å².